The van der Waals surface area contributed by atoms with Gasteiger partial charge in [0.05, 0.1) is 40.3 Å². The van der Waals surface area contributed by atoms with Gasteiger partial charge in [-0.1, -0.05) is 152 Å². The highest BCUT2D eigenvalue weighted by Gasteiger charge is 2.25. The summed E-state index contributed by atoms with van der Waals surface area (Å²) >= 11 is 0. The van der Waals surface area contributed by atoms with Gasteiger partial charge in [0, 0.05) is 19.3 Å². The number of allylic oxidation sites excluding steroid dienone is 10. The molecule has 0 rings (SSSR count). The van der Waals surface area contributed by atoms with Crippen molar-refractivity contribution in [3.63, 3.8) is 0 Å². The highest BCUT2D eigenvalue weighted by Crippen LogP contribution is 2.13. The minimum atomic E-state index is -1.14. The Kier molecular flexibility index (Phi) is 38.7. The summed E-state index contributed by atoms with van der Waals surface area (Å²) in [5.74, 6) is -1.82. The van der Waals surface area contributed by atoms with E-state index < -0.39 is 18.1 Å². The van der Waals surface area contributed by atoms with Gasteiger partial charge in [-0.2, -0.15) is 0 Å². The maximum Gasteiger partial charge on any atom is 0.306 e. The molecule has 8 nitrogen and oxygen atoms in total. The molecule has 0 aromatic carbocycles. The molecule has 0 bridgehead atoms. The zero-order valence-electron chi connectivity index (χ0n) is 37.9. The molecule has 0 aliphatic rings. The summed E-state index contributed by atoms with van der Waals surface area (Å²) in [5.41, 5.74) is 0. The summed E-state index contributed by atoms with van der Waals surface area (Å²) in [6, 6.07) is -0.738. The zero-order chi connectivity index (χ0) is 42.8. The van der Waals surface area contributed by atoms with Crippen molar-refractivity contribution in [1.29, 1.82) is 0 Å². The van der Waals surface area contributed by atoms with Crippen molar-refractivity contribution in [2.75, 3.05) is 41.0 Å². The summed E-state index contributed by atoms with van der Waals surface area (Å²) in [6.07, 6.45) is 49.6. The Morgan fingerprint density at radius 1 is 0.517 bits per heavy atom. The van der Waals surface area contributed by atoms with Crippen molar-refractivity contribution in [2.45, 2.75) is 199 Å². The van der Waals surface area contributed by atoms with E-state index in [2.05, 4.69) is 74.6 Å². The third-order valence-corrected chi connectivity index (χ3v) is 10.1. The van der Waals surface area contributed by atoms with E-state index in [9.17, 15) is 19.5 Å². The summed E-state index contributed by atoms with van der Waals surface area (Å²) < 4.78 is 17.1. The van der Waals surface area contributed by atoms with Gasteiger partial charge in [-0.25, -0.2) is 0 Å². The molecule has 8 heteroatoms. The molecule has 0 aliphatic heterocycles. The van der Waals surface area contributed by atoms with Gasteiger partial charge in [-0.3, -0.25) is 9.59 Å². The quantitative estimate of drug-likeness (QED) is 0.0262. The first-order valence-electron chi connectivity index (χ1n) is 23.3. The molecule has 0 aliphatic carbocycles. The first-order chi connectivity index (χ1) is 28.1. The van der Waals surface area contributed by atoms with Crippen LogP contribution in [0.2, 0.25) is 0 Å². The maximum atomic E-state index is 12.7. The number of hydrogen-bond acceptors (Lipinski definition) is 7. The number of carboxylic acids is 1. The SMILES string of the molecule is CCCCC/C=C/C/C=C/CCCCCCCCCC(=O)OCC(COCCC(C(=O)[O-])[N+](C)(C)C)OC(=O)CCC/C=C/C/C=C/C/C=C/CCCCCCCC. The van der Waals surface area contributed by atoms with Gasteiger partial charge >= 0.3 is 11.9 Å². The average Bonchev–Trinajstić information content (AvgIpc) is 3.18. The zero-order valence-corrected chi connectivity index (χ0v) is 37.9. The second kappa shape index (κ2) is 40.8. The van der Waals surface area contributed by atoms with Crippen molar-refractivity contribution in [2.24, 2.45) is 0 Å². The number of carboxylic acid groups (broad SMARTS) is 1. The van der Waals surface area contributed by atoms with Crippen molar-refractivity contribution in [3.05, 3.63) is 60.8 Å². The number of esters is 2. The fourth-order valence-corrected chi connectivity index (χ4v) is 6.47. The van der Waals surface area contributed by atoms with E-state index in [0.717, 1.165) is 51.4 Å². The standard InChI is InChI=1S/C50H87NO7/c1-6-8-10-12-14-16-18-20-22-24-26-28-30-32-34-36-38-40-48(52)57-45-46(44-56-43-42-47(50(54)55)51(3,4)5)58-49(53)41-39-37-35-33-31-29-27-25-23-21-19-17-15-13-11-9-7-2/h14,16,20-23,27,29,33,35,46-47H,6-13,15,17-19,24-26,28,30-32,34,36-45H2,1-5H3/b16-14+,22-20+,23-21+,29-27+,35-33+. The predicted octanol–water partition coefficient (Wildman–Crippen LogP) is 11.6. The molecule has 334 valence electrons. The number of quaternary nitrogens is 1. The van der Waals surface area contributed by atoms with Crippen molar-refractivity contribution in [3.8, 4) is 0 Å². The van der Waals surface area contributed by atoms with Crippen LogP contribution in [-0.4, -0.2) is 75.5 Å². The first kappa shape index (κ1) is 55.0. The molecule has 0 aromatic heterocycles. The van der Waals surface area contributed by atoms with E-state index in [1.807, 2.05) is 0 Å². The second-order valence-corrected chi connectivity index (χ2v) is 16.6. The predicted molar refractivity (Wildman–Crippen MR) is 240 cm³/mol. The van der Waals surface area contributed by atoms with Gasteiger partial charge in [0.2, 0.25) is 0 Å². The molecule has 2 atom stereocenters. The van der Waals surface area contributed by atoms with Crippen LogP contribution in [0.15, 0.2) is 60.8 Å². The molecule has 0 radical (unpaired) electrons. The Balaban J connectivity index is 4.42. The minimum Gasteiger partial charge on any atom is -0.544 e. The normalized spacial score (nSPS) is 13.5. The van der Waals surface area contributed by atoms with Gasteiger partial charge in [-0.05, 0) is 77.0 Å². The van der Waals surface area contributed by atoms with Crippen LogP contribution in [0.4, 0.5) is 0 Å². The second-order valence-electron chi connectivity index (χ2n) is 16.6. The van der Waals surface area contributed by atoms with Crippen LogP contribution in [0.25, 0.3) is 0 Å². The average molecular weight is 814 g/mol. The van der Waals surface area contributed by atoms with Crippen LogP contribution in [0.1, 0.15) is 187 Å². The number of ether oxygens (including phenoxy) is 3. The van der Waals surface area contributed by atoms with Crippen LogP contribution in [0.3, 0.4) is 0 Å². The Hall–Kier alpha value is -2.97. The van der Waals surface area contributed by atoms with Crippen molar-refractivity contribution in [1.82, 2.24) is 0 Å². The molecule has 2 unspecified atom stereocenters. The van der Waals surface area contributed by atoms with Crippen LogP contribution in [0, 0.1) is 0 Å². The number of hydrogen-bond donors (Lipinski definition) is 0. The first-order valence-corrected chi connectivity index (χ1v) is 23.3. The molecule has 58 heavy (non-hydrogen) atoms. The van der Waals surface area contributed by atoms with Gasteiger partial charge in [0.1, 0.15) is 12.6 Å². The highest BCUT2D eigenvalue weighted by atomic mass is 16.6. The highest BCUT2D eigenvalue weighted by molar-refractivity contribution is 5.70. The molecular formula is C50H87NO7. The van der Waals surface area contributed by atoms with E-state index in [1.54, 1.807) is 21.1 Å². The van der Waals surface area contributed by atoms with E-state index in [1.165, 1.54) is 96.3 Å². The molecule has 0 heterocycles. The Morgan fingerprint density at radius 3 is 1.43 bits per heavy atom. The molecule has 0 N–H and O–H groups in total. The largest absolute Gasteiger partial charge is 0.544 e. The molecular weight excluding hydrogens is 727 g/mol. The summed E-state index contributed by atoms with van der Waals surface area (Å²) in [7, 11) is 5.39. The Labute approximate surface area is 356 Å². The van der Waals surface area contributed by atoms with Gasteiger partial charge in [0.25, 0.3) is 0 Å². The molecule has 0 saturated heterocycles. The van der Waals surface area contributed by atoms with Gasteiger partial charge < -0.3 is 28.6 Å². The number of nitrogens with zero attached hydrogens (tertiary/aromatic N) is 1. The van der Waals surface area contributed by atoms with Crippen LogP contribution in [0.5, 0.6) is 0 Å². The fourth-order valence-electron chi connectivity index (χ4n) is 6.47. The number of likely N-dealkylation sites (N-methyl/N-ethyl adjacent to an activating group) is 1. The maximum absolute atomic E-state index is 12.7. The van der Waals surface area contributed by atoms with Crippen molar-refractivity contribution < 1.29 is 38.2 Å². The Morgan fingerprint density at radius 2 is 0.931 bits per heavy atom. The summed E-state index contributed by atoms with van der Waals surface area (Å²) in [6.45, 7) is 4.57. The van der Waals surface area contributed by atoms with E-state index in [4.69, 9.17) is 14.2 Å². The third kappa shape index (κ3) is 38.5. The smallest absolute Gasteiger partial charge is 0.306 e. The lowest BCUT2D eigenvalue weighted by molar-refractivity contribution is -0.889. The molecule has 0 amide bonds. The van der Waals surface area contributed by atoms with Crippen LogP contribution in [-0.2, 0) is 28.6 Å². The van der Waals surface area contributed by atoms with Crippen LogP contribution >= 0.6 is 0 Å². The van der Waals surface area contributed by atoms with E-state index in [0.29, 0.717) is 12.8 Å². The lowest BCUT2D eigenvalue weighted by atomic mass is 10.1. The lowest BCUT2D eigenvalue weighted by Crippen LogP contribution is -2.55. The topological polar surface area (TPSA) is 102 Å². The number of aliphatic carboxylic acids is 1. The lowest BCUT2D eigenvalue weighted by Gasteiger charge is -2.34. The van der Waals surface area contributed by atoms with Gasteiger partial charge in [0.15, 0.2) is 6.10 Å². The number of rotatable bonds is 41. The van der Waals surface area contributed by atoms with Gasteiger partial charge in [-0.15, -0.1) is 0 Å². The van der Waals surface area contributed by atoms with Crippen molar-refractivity contribution >= 4 is 17.9 Å². The number of unbranched alkanes of at least 4 members (excludes halogenated alkanes) is 17. The van der Waals surface area contributed by atoms with E-state index >= 15 is 0 Å². The molecule has 0 fully saturated rings. The molecule has 0 aromatic rings. The Bertz CT molecular complexity index is 1130. The summed E-state index contributed by atoms with van der Waals surface area (Å²) in [4.78, 5) is 36.9. The third-order valence-electron chi connectivity index (χ3n) is 10.1. The minimum absolute atomic E-state index is 0.0162. The monoisotopic (exact) mass is 814 g/mol. The molecule has 0 saturated carbocycles. The van der Waals surface area contributed by atoms with Crippen LogP contribution < -0.4 is 5.11 Å². The molecule has 0 spiro atoms. The number of carbonyl (C=O) groups is 3. The number of carbonyl (C=O) groups excluding carboxylic acids is 3. The fraction of sp³-hybridized carbons (Fsp3) is 0.740. The summed E-state index contributed by atoms with van der Waals surface area (Å²) in [5, 5.41) is 11.6. The van der Waals surface area contributed by atoms with E-state index in [-0.39, 0.29) is 49.1 Å².